The Labute approximate surface area is 180 Å². The smallest absolute Gasteiger partial charge is 0.345 e. The zero-order valence-corrected chi connectivity index (χ0v) is 18.0. The molecule has 0 bridgehead atoms. The van der Waals surface area contributed by atoms with Gasteiger partial charge in [0.2, 0.25) is 5.91 Å². The molecule has 7 heteroatoms. The number of carboxylic acid groups (broad SMARTS) is 1. The van der Waals surface area contributed by atoms with Crippen LogP contribution in [0.1, 0.15) is 72.4 Å². The van der Waals surface area contributed by atoms with Gasteiger partial charge in [-0.2, -0.15) is 0 Å². The van der Waals surface area contributed by atoms with Crippen molar-refractivity contribution in [2.45, 2.75) is 64.3 Å². The topological polar surface area (TPSA) is 66.8 Å². The summed E-state index contributed by atoms with van der Waals surface area (Å²) < 4.78 is 20.1. The molecule has 1 saturated heterocycles. The van der Waals surface area contributed by atoms with E-state index in [1.807, 2.05) is 12.1 Å². The van der Waals surface area contributed by atoms with Crippen molar-refractivity contribution in [3.05, 3.63) is 51.7 Å². The summed E-state index contributed by atoms with van der Waals surface area (Å²) in [5, 5.41) is 10.8. The van der Waals surface area contributed by atoms with E-state index in [1.54, 1.807) is 28.5 Å². The van der Waals surface area contributed by atoms with Crippen LogP contribution in [0.2, 0.25) is 0 Å². The number of thiophene rings is 1. The quantitative estimate of drug-likeness (QED) is 0.458. The van der Waals surface area contributed by atoms with Gasteiger partial charge in [-0.3, -0.25) is 4.79 Å². The van der Waals surface area contributed by atoms with Crippen LogP contribution < -0.4 is 4.90 Å². The lowest BCUT2D eigenvalue weighted by Crippen LogP contribution is -2.36. The number of carbonyl (C=O) groups excluding carboxylic acids is 1. The number of benzene rings is 1. The van der Waals surface area contributed by atoms with E-state index in [-0.39, 0.29) is 16.8 Å². The van der Waals surface area contributed by atoms with Crippen LogP contribution in [0.5, 0.6) is 0 Å². The molecule has 5 nitrogen and oxygen atoms in total. The van der Waals surface area contributed by atoms with Crippen molar-refractivity contribution < 1.29 is 23.8 Å². The van der Waals surface area contributed by atoms with E-state index in [2.05, 4.69) is 6.92 Å². The summed E-state index contributed by atoms with van der Waals surface area (Å²) in [6.07, 6.45) is 3.69. The second-order valence-electron chi connectivity index (χ2n) is 7.65. The minimum absolute atomic E-state index is 0.0415. The van der Waals surface area contributed by atoms with Crippen LogP contribution in [0.4, 0.5) is 10.1 Å². The number of carboxylic acids is 1. The van der Waals surface area contributed by atoms with Crippen molar-refractivity contribution >= 4 is 28.9 Å². The van der Waals surface area contributed by atoms with Crippen LogP contribution in [0.3, 0.4) is 0 Å². The van der Waals surface area contributed by atoms with Gasteiger partial charge in [-0.25, -0.2) is 9.18 Å². The Balaban J connectivity index is 1.56. The Kier molecular flexibility index (Phi) is 7.99. The first-order valence-electron chi connectivity index (χ1n) is 10.4. The minimum atomic E-state index is -0.972. The first kappa shape index (κ1) is 22.4. The average Bonchev–Trinajstić information content (AvgIpc) is 3.35. The van der Waals surface area contributed by atoms with Gasteiger partial charge in [0.1, 0.15) is 11.0 Å². The first-order chi connectivity index (χ1) is 14.5. The Morgan fingerprint density at radius 3 is 2.77 bits per heavy atom. The molecule has 2 aromatic rings. The fourth-order valence-corrected chi connectivity index (χ4v) is 4.45. The Morgan fingerprint density at radius 1 is 1.33 bits per heavy atom. The lowest BCUT2D eigenvalue weighted by molar-refractivity contribution is -0.117. The van der Waals surface area contributed by atoms with E-state index in [9.17, 15) is 14.0 Å². The molecule has 1 aliphatic heterocycles. The predicted molar refractivity (Wildman–Crippen MR) is 116 cm³/mol. The molecule has 1 aliphatic rings. The minimum Gasteiger partial charge on any atom is -0.477 e. The van der Waals surface area contributed by atoms with E-state index in [1.165, 1.54) is 11.3 Å². The van der Waals surface area contributed by atoms with Crippen LogP contribution in [-0.4, -0.2) is 29.6 Å². The second-order valence-corrected chi connectivity index (χ2v) is 8.56. The highest BCUT2D eigenvalue weighted by atomic mass is 32.1. The molecule has 1 aromatic heterocycles. The first-order valence-corrected chi connectivity index (χ1v) is 11.3. The van der Waals surface area contributed by atoms with Gasteiger partial charge >= 0.3 is 5.97 Å². The molecule has 1 amide bonds. The van der Waals surface area contributed by atoms with Crippen LogP contribution in [0, 0.1) is 0 Å². The fraction of sp³-hybridized carbons (Fsp3) is 0.478. The highest BCUT2D eigenvalue weighted by molar-refractivity contribution is 7.12. The monoisotopic (exact) mass is 433 g/mol. The Bertz CT molecular complexity index is 851. The number of halogens is 1. The van der Waals surface area contributed by atoms with Gasteiger partial charge in [0.25, 0.3) is 0 Å². The van der Waals surface area contributed by atoms with Crippen molar-refractivity contribution in [1.82, 2.24) is 0 Å². The summed E-state index contributed by atoms with van der Waals surface area (Å²) in [7, 11) is 0. The molecule has 1 fully saturated rings. The summed E-state index contributed by atoms with van der Waals surface area (Å²) in [4.78, 5) is 25.4. The lowest BCUT2D eigenvalue weighted by Gasteiger charge is -2.25. The van der Waals surface area contributed by atoms with Crippen LogP contribution >= 0.6 is 11.3 Å². The third-order valence-corrected chi connectivity index (χ3v) is 6.33. The van der Waals surface area contributed by atoms with Crippen LogP contribution in [0.15, 0.2) is 35.7 Å². The third-order valence-electron chi connectivity index (χ3n) is 5.36. The number of aromatic carboxylic acids is 1. The average molecular weight is 434 g/mol. The number of carbonyl (C=O) groups is 2. The number of unbranched alkanes of at least 4 members (excludes halogenated alkanes) is 2. The van der Waals surface area contributed by atoms with Gasteiger partial charge in [-0.15, -0.1) is 11.3 Å². The summed E-state index contributed by atoms with van der Waals surface area (Å²) in [5.74, 6) is -0.900. The van der Waals surface area contributed by atoms with Crippen LogP contribution in [0.25, 0.3) is 0 Å². The number of hydrogen-bond acceptors (Lipinski definition) is 4. The fourth-order valence-electron chi connectivity index (χ4n) is 3.72. The van der Waals surface area contributed by atoms with Crippen molar-refractivity contribution in [2.24, 2.45) is 0 Å². The molecule has 30 heavy (non-hydrogen) atoms. The number of hydrogen-bond donors (Lipinski definition) is 1. The molecule has 2 heterocycles. The second kappa shape index (κ2) is 10.7. The highest BCUT2D eigenvalue weighted by Crippen LogP contribution is 2.30. The molecule has 0 saturated carbocycles. The molecule has 0 spiro atoms. The van der Waals surface area contributed by atoms with Gasteiger partial charge < -0.3 is 14.7 Å². The van der Waals surface area contributed by atoms with Crippen molar-refractivity contribution in [3.63, 3.8) is 0 Å². The van der Waals surface area contributed by atoms with Crippen molar-refractivity contribution in [2.75, 3.05) is 11.5 Å². The Morgan fingerprint density at radius 2 is 2.10 bits per heavy atom. The van der Waals surface area contributed by atoms with Gasteiger partial charge in [-0.05, 0) is 47.5 Å². The number of rotatable bonds is 11. The Hall–Kier alpha value is -2.25. The van der Waals surface area contributed by atoms with E-state index in [0.717, 1.165) is 30.5 Å². The van der Waals surface area contributed by atoms with Crippen molar-refractivity contribution in [3.8, 4) is 0 Å². The maximum Gasteiger partial charge on any atom is 0.345 e. The van der Waals surface area contributed by atoms with Crippen LogP contribution in [-0.2, 0) is 16.1 Å². The molecular formula is C23H28FNO4S. The SMILES string of the molecule is CCCCC[C@H](F)c1ccc(N2C(=O)CC[C@@H]2COCc2csc(C(=O)O)c2)cc1. The van der Waals surface area contributed by atoms with Gasteiger partial charge in [0.05, 0.1) is 19.3 Å². The summed E-state index contributed by atoms with van der Waals surface area (Å²) in [6.45, 7) is 2.78. The molecule has 0 radical (unpaired) electrons. The zero-order valence-electron chi connectivity index (χ0n) is 17.2. The zero-order chi connectivity index (χ0) is 21.5. The van der Waals surface area contributed by atoms with E-state index < -0.39 is 12.1 Å². The number of amides is 1. The number of nitrogens with zero attached hydrogens (tertiary/aromatic N) is 1. The molecule has 0 aliphatic carbocycles. The number of anilines is 1. The van der Waals surface area contributed by atoms with Gasteiger partial charge in [-0.1, -0.05) is 38.3 Å². The largest absolute Gasteiger partial charge is 0.477 e. The third kappa shape index (κ3) is 5.67. The molecular weight excluding hydrogens is 405 g/mol. The lowest BCUT2D eigenvalue weighted by atomic mass is 10.0. The van der Waals surface area contributed by atoms with E-state index in [4.69, 9.17) is 9.84 Å². The maximum atomic E-state index is 14.4. The van der Waals surface area contributed by atoms with Crippen molar-refractivity contribution in [1.29, 1.82) is 0 Å². The number of alkyl halides is 1. The molecule has 162 valence electrons. The van der Waals surface area contributed by atoms with E-state index in [0.29, 0.717) is 38.0 Å². The molecule has 1 aromatic carbocycles. The highest BCUT2D eigenvalue weighted by Gasteiger charge is 2.32. The van der Waals surface area contributed by atoms with Gasteiger partial charge in [0.15, 0.2) is 0 Å². The van der Waals surface area contributed by atoms with E-state index >= 15 is 0 Å². The molecule has 0 unspecified atom stereocenters. The number of ether oxygens (including phenoxy) is 1. The van der Waals surface area contributed by atoms with Gasteiger partial charge in [0, 0.05) is 12.1 Å². The standard InChI is InChI=1S/C23H28FNO4S/c1-2-3-4-5-20(24)17-6-8-18(9-7-17)25-19(10-11-22(25)26)14-29-13-16-12-21(23(27)28)30-15-16/h6-9,12,15,19-20H,2-5,10-11,13-14H2,1H3,(H,27,28)/t19-,20+/m1/s1. The molecule has 3 rings (SSSR count). The summed E-state index contributed by atoms with van der Waals surface area (Å²) >= 11 is 1.17. The predicted octanol–water partition coefficient (Wildman–Crippen LogP) is 5.75. The summed E-state index contributed by atoms with van der Waals surface area (Å²) in [6, 6.07) is 8.71. The molecule has 1 N–H and O–H groups in total. The normalized spacial score (nSPS) is 17.5. The summed E-state index contributed by atoms with van der Waals surface area (Å²) in [5.41, 5.74) is 2.23. The molecule has 2 atom stereocenters. The maximum absolute atomic E-state index is 14.4.